The highest BCUT2D eigenvalue weighted by molar-refractivity contribution is 7.88. The highest BCUT2D eigenvalue weighted by Crippen LogP contribution is 2.36. The van der Waals surface area contributed by atoms with Crippen LogP contribution in [0.3, 0.4) is 0 Å². The van der Waals surface area contributed by atoms with Crippen molar-refractivity contribution in [2.45, 2.75) is 24.9 Å². The summed E-state index contributed by atoms with van der Waals surface area (Å²) in [5.41, 5.74) is 1.25. The van der Waals surface area contributed by atoms with E-state index in [0.29, 0.717) is 11.3 Å². The van der Waals surface area contributed by atoms with Crippen molar-refractivity contribution in [3.8, 4) is 0 Å². The van der Waals surface area contributed by atoms with Gasteiger partial charge in [-0.05, 0) is 36.8 Å². The summed E-state index contributed by atoms with van der Waals surface area (Å²) in [5.74, 6) is -0.558. The molecule has 1 fully saturated rings. The SMILES string of the molecule is Cc1ccc2c(n1)C1CN(S(=O)(=O)Cc3ccc(C(F)(F)F)cc3)CCN1C2=O. The molecule has 10 heteroatoms. The molecule has 0 bridgehead atoms. The van der Waals surface area contributed by atoms with Gasteiger partial charge in [0.2, 0.25) is 10.0 Å². The van der Waals surface area contributed by atoms with Crippen LogP contribution in [0.5, 0.6) is 0 Å². The van der Waals surface area contributed by atoms with Gasteiger partial charge < -0.3 is 4.90 Å². The third-order valence-electron chi connectivity index (χ3n) is 5.24. The molecule has 2 aliphatic heterocycles. The molecule has 1 unspecified atom stereocenters. The van der Waals surface area contributed by atoms with E-state index in [-0.39, 0.29) is 31.1 Å². The quantitative estimate of drug-likeness (QED) is 0.758. The van der Waals surface area contributed by atoms with Crippen LogP contribution in [0.25, 0.3) is 0 Å². The van der Waals surface area contributed by atoms with E-state index in [1.807, 2.05) is 0 Å². The zero-order valence-corrected chi connectivity index (χ0v) is 16.3. The molecule has 3 heterocycles. The van der Waals surface area contributed by atoms with Crippen LogP contribution in [0.1, 0.15) is 38.9 Å². The third-order valence-corrected chi connectivity index (χ3v) is 7.05. The number of sulfonamides is 1. The number of piperazine rings is 1. The number of aryl methyl sites for hydroxylation is 1. The Labute approximate surface area is 166 Å². The van der Waals surface area contributed by atoms with E-state index in [2.05, 4.69) is 4.98 Å². The molecule has 1 saturated heterocycles. The standard InChI is InChI=1S/C19H18F3N3O3S/c1-12-2-7-15-17(23-12)16-10-24(8-9-25(16)18(15)26)29(27,28)11-13-3-5-14(6-4-13)19(20,21)22/h2-7,16H,8-11H2,1H3. The molecule has 29 heavy (non-hydrogen) atoms. The van der Waals surface area contributed by atoms with Crippen molar-refractivity contribution in [1.29, 1.82) is 0 Å². The number of hydrogen-bond donors (Lipinski definition) is 0. The van der Waals surface area contributed by atoms with Gasteiger partial charge in [0.25, 0.3) is 5.91 Å². The summed E-state index contributed by atoms with van der Waals surface area (Å²) in [4.78, 5) is 18.6. The van der Waals surface area contributed by atoms with Crippen molar-refractivity contribution in [1.82, 2.24) is 14.2 Å². The molecular formula is C19H18F3N3O3S. The third kappa shape index (κ3) is 3.62. The molecule has 2 aromatic rings. The molecule has 1 amide bonds. The number of carbonyl (C=O) groups excluding carboxylic acids is 1. The molecule has 0 N–H and O–H groups in total. The zero-order chi connectivity index (χ0) is 21.0. The number of rotatable bonds is 3. The van der Waals surface area contributed by atoms with E-state index >= 15 is 0 Å². The lowest BCUT2D eigenvalue weighted by atomic mass is 10.1. The summed E-state index contributed by atoms with van der Waals surface area (Å²) in [7, 11) is -3.77. The average molecular weight is 425 g/mol. The Kier molecular flexibility index (Phi) is 4.66. The van der Waals surface area contributed by atoms with Gasteiger partial charge in [0.05, 0.1) is 28.6 Å². The normalized spacial score (nSPS) is 19.9. The summed E-state index contributed by atoms with van der Waals surface area (Å²) in [6, 6.07) is 7.11. The molecule has 0 radical (unpaired) electrons. The first-order valence-corrected chi connectivity index (χ1v) is 10.6. The summed E-state index contributed by atoms with van der Waals surface area (Å²) in [6.45, 7) is 2.26. The lowest BCUT2D eigenvalue weighted by Gasteiger charge is -2.36. The Morgan fingerprint density at radius 3 is 2.45 bits per heavy atom. The monoisotopic (exact) mass is 425 g/mol. The number of alkyl halides is 3. The number of nitrogens with zero attached hydrogens (tertiary/aromatic N) is 3. The van der Waals surface area contributed by atoms with Crippen molar-refractivity contribution >= 4 is 15.9 Å². The second-order valence-electron chi connectivity index (χ2n) is 7.21. The molecule has 0 aliphatic carbocycles. The zero-order valence-electron chi connectivity index (χ0n) is 15.5. The molecule has 1 aromatic carbocycles. The highest BCUT2D eigenvalue weighted by Gasteiger charge is 2.44. The van der Waals surface area contributed by atoms with E-state index < -0.39 is 33.6 Å². The van der Waals surface area contributed by atoms with Crippen LogP contribution in [0, 0.1) is 6.92 Å². The highest BCUT2D eigenvalue weighted by atomic mass is 32.2. The van der Waals surface area contributed by atoms with Gasteiger partial charge in [-0.25, -0.2) is 8.42 Å². The molecular weight excluding hydrogens is 407 g/mol. The van der Waals surface area contributed by atoms with E-state index in [9.17, 15) is 26.4 Å². The number of hydrogen-bond acceptors (Lipinski definition) is 4. The van der Waals surface area contributed by atoms with Gasteiger partial charge >= 0.3 is 6.18 Å². The molecule has 1 aromatic heterocycles. The lowest BCUT2D eigenvalue weighted by molar-refractivity contribution is -0.137. The molecule has 154 valence electrons. The first kappa shape index (κ1) is 19.8. The van der Waals surface area contributed by atoms with E-state index in [0.717, 1.165) is 17.8 Å². The fourth-order valence-corrected chi connectivity index (χ4v) is 5.27. The Morgan fingerprint density at radius 2 is 1.79 bits per heavy atom. The number of fused-ring (bicyclic) bond motifs is 3. The van der Waals surface area contributed by atoms with Gasteiger partial charge in [-0.2, -0.15) is 17.5 Å². The number of aromatic nitrogens is 1. The van der Waals surface area contributed by atoms with Crippen molar-refractivity contribution in [2.75, 3.05) is 19.6 Å². The van der Waals surface area contributed by atoms with Crippen LogP contribution in [0.2, 0.25) is 0 Å². The molecule has 1 atom stereocenters. The Bertz CT molecular complexity index is 1070. The van der Waals surface area contributed by atoms with Crippen LogP contribution in [0.15, 0.2) is 36.4 Å². The van der Waals surface area contributed by atoms with Crippen LogP contribution in [-0.4, -0.2) is 48.1 Å². The maximum Gasteiger partial charge on any atom is 0.416 e. The van der Waals surface area contributed by atoms with Crippen molar-refractivity contribution < 1.29 is 26.4 Å². The van der Waals surface area contributed by atoms with Crippen LogP contribution >= 0.6 is 0 Å². The van der Waals surface area contributed by atoms with Gasteiger partial charge in [0, 0.05) is 25.3 Å². The second-order valence-corrected chi connectivity index (χ2v) is 9.18. The van der Waals surface area contributed by atoms with Gasteiger partial charge in [-0.1, -0.05) is 12.1 Å². The average Bonchev–Trinajstić information content (AvgIpc) is 2.92. The Hall–Kier alpha value is -2.46. The van der Waals surface area contributed by atoms with Crippen molar-refractivity contribution in [2.24, 2.45) is 0 Å². The first-order chi connectivity index (χ1) is 13.6. The predicted octanol–water partition coefficient (Wildman–Crippen LogP) is 2.75. The Balaban J connectivity index is 1.54. The predicted molar refractivity (Wildman–Crippen MR) is 98.4 cm³/mol. The second kappa shape index (κ2) is 6.81. The number of amides is 1. The van der Waals surface area contributed by atoms with Crippen LogP contribution in [-0.2, 0) is 22.0 Å². The summed E-state index contributed by atoms with van der Waals surface area (Å²) in [5, 5.41) is 0. The van der Waals surface area contributed by atoms with Gasteiger partial charge in [0.15, 0.2) is 0 Å². The number of pyridine rings is 1. The molecule has 6 nitrogen and oxygen atoms in total. The molecule has 0 spiro atoms. The topological polar surface area (TPSA) is 70.6 Å². The van der Waals surface area contributed by atoms with Crippen LogP contribution in [0.4, 0.5) is 13.2 Å². The molecule has 0 saturated carbocycles. The molecule has 2 aliphatic rings. The minimum absolute atomic E-state index is 0.0815. The van der Waals surface area contributed by atoms with E-state index in [4.69, 9.17) is 0 Å². The van der Waals surface area contributed by atoms with E-state index in [1.54, 1.807) is 24.0 Å². The minimum atomic E-state index is -4.47. The fourth-order valence-electron chi connectivity index (χ4n) is 3.75. The van der Waals surface area contributed by atoms with Gasteiger partial charge in [-0.15, -0.1) is 0 Å². The number of carbonyl (C=O) groups is 1. The minimum Gasteiger partial charge on any atom is -0.327 e. The van der Waals surface area contributed by atoms with Crippen LogP contribution < -0.4 is 0 Å². The maximum absolute atomic E-state index is 12.9. The first-order valence-electron chi connectivity index (χ1n) is 8.99. The maximum atomic E-state index is 12.9. The number of halogens is 3. The van der Waals surface area contributed by atoms with E-state index in [1.165, 1.54) is 16.4 Å². The van der Waals surface area contributed by atoms with Crippen molar-refractivity contribution in [3.05, 3.63) is 64.5 Å². The summed E-state index contributed by atoms with van der Waals surface area (Å²) in [6.07, 6.45) is -4.47. The smallest absolute Gasteiger partial charge is 0.327 e. The number of benzene rings is 1. The van der Waals surface area contributed by atoms with Gasteiger partial charge in [0.1, 0.15) is 0 Å². The summed E-state index contributed by atoms with van der Waals surface area (Å²) < 4.78 is 65.1. The molecule has 4 rings (SSSR count). The van der Waals surface area contributed by atoms with Crippen molar-refractivity contribution in [3.63, 3.8) is 0 Å². The fraction of sp³-hybridized carbons (Fsp3) is 0.368. The largest absolute Gasteiger partial charge is 0.416 e. The van der Waals surface area contributed by atoms with Gasteiger partial charge in [-0.3, -0.25) is 9.78 Å². The Morgan fingerprint density at radius 1 is 1.10 bits per heavy atom. The summed E-state index contributed by atoms with van der Waals surface area (Å²) >= 11 is 0. The lowest BCUT2D eigenvalue weighted by Crippen LogP contribution is -2.49.